The Morgan fingerprint density at radius 2 is 1.75 bits per heavy atom. The molecule has 5 rings (SSSR count). The summed E-state index contributed by atoms with van der Waals surface area (Å²) in [6, 6.07) is 10.2. The molecule has 0 spiro atoms. The third kappa shape index (κ3) is 8.29. The van der Waals surface area contributed by atoms with E-state index in [1.807, 2.05) is 12.1 Å². The van der Waals surface area contributed by atoms with Crippen LogP contribution in [0.25, 0.3) is 6.08 Å². The number of imide groups is 1. The Morgan fingerprint density at radius 3 is 2.43 bits per heavy atom. The van der Waals surface area contributed by atoms with E-state index in [9.17, 15) is 23.5 Å². The van der Waals surface area contributed by atoms with Crippen molar-refractivity contribution in [3.63, 3.8) is 0 Å². The predicted molar refractivity (Wildman–Crippen MR) is 165 cm³/mol. The minimum Gasteiger partial charge on any atom is -0.382 e. The normalized spacial score (nSPS) is 18.8. The summed E-state index contributed by atoms with van der Waals surface area (Å²) in [4.78, 5) is 35.5. The maximum atomic E-state index is 14.6. The molecule has 2 aliphatic rings. The highest BCUT2D eigenvalue weighted by atomic mass is 35.5. The number of halogens is 3. The van der Waals surface area contributed by atoms with Gasteiger partial charge in [-0.25, -0.2) is 18.4 Å². The number of nitrogens with zero attached hydrogens (tertiary/aromatic N) is 6. The van der Waals surface area contributed by atoms with Gasteiger partial charge in [-0.15, -0.1) is 0 Å². The molecule has 1 atom stereocenters. The lowest BCUT2D eigenvalue weighted by atomic mass is 9.93. The summed E-state index contributed by atoms with van der Waals surface area (Å²) in [6.45, 7) is 5.85. The smallest absolute Gasteiger partial charge is 0.293 e. The van der Waals surface area contributed by atoms with Crippen molar-refractivity contribution in [2.75, 3.05) is 58.9 Å². The summed E-state index contributed by atoms with van der Waals surface area (Å²) in [5.74, 6) is -1.80. The second kappa shape index (κ2) is 14.7. The third-order valence-corrected chi connectivity index (χ3v) is 8.87. The molecule has 2 aliphatic heterocycles. The molecule has 3 aromatic rings. The molecule has 14 heteroatoms. The van der Waals surface area contributed by atoms with Crippen LogP contribution in [0, 0.1) is 11.6 Å². The average Bonchev–Trinajstić information content (AvgIpc) is 3.60. The Morgan fingerprint density at radius 1 is 1.02 bits per heavy atom. The highest BCUT2D eigenvalue weighted by Crippen LogP contribution is 2.32. The van der Waals surface area contributed by atoms with E-state index in [0.717, 1.165) is 68.7 Å². The first kappa shape index (κ1) is 32.2. The average molecular weight is 646 g/mol. The van der Waals surface area contributed by atoms with E-state index in [0.29, 0.717) is 29.4 Å². The van der Waals surface area contributed by atoms with Crippen molar-refractivity contribution >= 4 is 40.6 Å². The molecule has 0 aliphatic carbocycles. The largest absolute Gasteiger partial charge is 0.382 e. The van der Waals surface area contributed by atoms with Crippen LogP contribution in [0.1, 0.15) is 17.5 Å². The Hall–Kier alpha value is -3.20. The molecule has 2 amide bonds. The fraction of sp³-hybridized carbons (Fsp3) is 0.400. The van der Waals surface area contributed by atoms with Crippen molar-refractivity contribution < 1.29 is 23.5 Å². The summed E-state index contributed by atoms with van der Waals surface area (Å²) < 4.78 is 29.5. The number of aliphatic hydroxyl groups is 1. The van der Waals surface area contributed by atoms with Gasteiger partial charge in [0.2, 0.25) is 0 Å². The SMILES string of the molecule is O=C1SC(=Cc2ccc(Cl)cc2)C(=O)N1CCCN1CCN(CCNCC(O)(Cn2cncn2)c2ccc(F)cc2F)CC1. The molecule has 2 aromatic carbocycles. The maximum Gasteiger partial charge on any atom is 0.293 e. The lowest BCUT2D eigenvalue weighted by molar-refractivity contribution is -0.122. The topological polar surface area (TPSA) is 107 Å². The lowest BCUT2D eigenvalue weighted by Crippen LogP contribution is -2.49. The summed E-state index contributed by atoms with van der Waals surface area (Å²) >= 11 is 6.89. The number of hydrogen-bond acceptors (Lipinski definition) is 9. The van der Waals surface area contributed by atoms with Crippen molar-refractivity contribution in [1.82, 2.24) is 34.8 Å². The van der Waals surface area contributed by atoms with Crippen LogP contribution in [-0.2, 0) is 16.9 Å². The zero-order valence-corrected chi connectivity index (χ0v) is 25.6. The molecule has 0 saturated carbocycles. The van der Waals surface area contributed by atoms with E-state index in [1.165, 1.54) is 28.3 Å². The van der Waals surface area contributed by atoms with Crippen molar-refractivity contribution in [3.05, 3.63) is 87.8 Å². The molecule has 10 nitrogen and oxygen atoms in total. The Balaban J connectivity index is 1.03. The Kier molecular flexibility index (Phi) is 10.8. The first-order valence-corrected chi connectivity index (χ1v) is 15.6. The highest BCUT2D eigenvalue weighted by Gasteiger charge is 2.35. The molecule has 234 valence electrons. The fourth-order valence-corrected chi connectivity index (χ4v) is 6.30. The molecule has 2 N–H and O–H groups in total. The second-order valence-corrected chi connectivity index (χ2v) is 12.3. The van der Waals surface area contributed by atoms with Gasteiger partial charge in [-0.2, -0.15) is 5.10 Å². The molecular formula is C30H34ClF2N7O3S. The molecule has 0 radical (unpaired) electrons. The summed E-state index contributed by atoms with van der Waals surface area (Å²) in [6.07, 6.45) is 5.17. The Labute approximate surface area is 263 Å². The van der Waals surface area contributed by atoms with Crippen LogP contribution in [0.4, 0.5) is 13.6 Å². The van der Waals surface area contributed by atoms with Crippen LogP contribution in [-0.4, -0.2) is 105 Å². The monoisotopic (exact) mass is 645 g/mol. The third-order valence-electron chi connectivity index (χ3n) is 7.71. The number of aromatic nitrogens is 3. The minimum absolute atomic E-state index is 0.0137. The number of piperazine rings is 1. The number of carbonyl (C=O) groups excluding carboxylic acids is 2. The van der Waals surface area contributed by atoms with Gasteiger partial charge in [0, 0.05) is 69.0 Å². The predicted octanol–water partition coefficient (Wildman–Crippen LogP) is 3.43. The zero-order valence-electron chi connectivity index (χ0n) is 24.0. The summed E-state index contributed by atoms with van der Waals surface area (Å²) in [5.41, 5.74) is -0.856. The minimum atomic E-state index is -1.66. The fourth-order valence-electron chi connectivity index (χ4n) is 5.31. The highest BCUT2D eigenvalue weighted by molar-refractivity contribution is 8.18. The van der Waals surface area contributed by atoms with Crippen LogP contribution in [0.3, 0.4) is 0 Å². The van der Waals surface area contributed by atoms with Gasteiger partial charge < -0.3 is 15.3 Å². The maximum absolute atomic E-state index is 14.6. The van der Waals surface area contributed by atoms with Crippen LogP contribution in [0.5, 0.6) is 0 Å². The van der Waals surface area contributed by atoms with Crippen molar-refractivity contribution in [2.45, 2.75) is 18.6 Å². The van der Waals surface area contributed by atoms with E-state index in [4.69, 9.17) is 11.6 Å². The number of hydrogen-bond donors (Lipinski definition) is 2. The van der Waals surface area contributed by atoms with Gasteiger partial charge in [0.1, 0.15) is 29.9 Å². The molecule has 2 saturated heterocycles. The van der Waals surface area contributed by atoms with Gasteiger partial charge >= 0.3 is 0 Å². The van der Waals surface area contributed by atoms with Crippen LogP contribution in [0.2, 0.25) is 5.02 Å². The lowest BCUT2D eigenvalue weighted by Gasteiger charge is -2.35. The first-order valence-electron chi connectivity index (χ1n) is 14.4. The quantitative estimate of drug-likeness (QED) is 0.214. The summed E-state index contributed by atoms with van der Waals surface area (Å²) in [5, 5.41) is 19.0. The van der Waals surface area contributed by atoms with Gasteiger partial charge in [-0.05, 0) is 54.6 Å². The zero-order chi connectivity index (χ0) is 31.1. The first-order chi connectivity index (χ1) is 21.2. The van der Waals surface area contributed by atoms with E-state index >= 15 is 0 Å². The van der Waals surface area contributed by atoms with Gasteiger partial charge in [0.05, 0.1) is 11.4 Å². The number of thioether (sulfide) groups is 1. The number of amides is 2. The van der Waals surface area contributed by atoms with Crippen molar-refractivity contribution in [1.29, 1.82) is 0 Å². The molecule has 1 unspecified atom stereocenters. The molecule has 2 fully saturated rings. The van der Waals surface area contributed by atoms with E-state index in [1.54, 1.807) is 18.2 Å². The number of benzene rings is 2. The van der Waals surface area contributed by atoms with Gasteiger partial charge in [0.25, 0.3) is 11.1 Å². The summed E-state index contributed by atoms with van der Waals surface area (Å²) in [7, 11) is 0. The number of nitrogens with one attached hydrogen (secondary N) is 1. The van der Waals surface area contributed by atoms with Crippen LogP contribution >= 0.6 is 23.4 Å². The molecule has 44 heavy (non-hydrogen) atoms. The van der Waals surface area contributed by atoms with Crippen molar-refractivity contribution in [2.24, 2.45) is 0 Å². The number of carbonyl (C=O) groups is 2. The van der Waals surface area contributed by atoms with Gasteiger partial charge in [-0.3, -0.25) is 19.4 Å². The van der Waals surface area contributed by atoms with Gasteiger partial charge in [-0.1, -0.05) is 29.8 Å². The van der Waals surface area contributed by atoms with Crippen LogP contribution < -0.4 is 5.32 Å². The molecule has 1 aromatic heterocycles. The molecular weight excluding hydrogens is 612 g/mol. The Bertz CT molecular complexity index is 1470. The molecule has 0 bridgehead atoms. The molecule has 3 heterocycles. The standard InChI is InChI=1S/C30H34ClF2N7O3S/c31-23-4-2-22(3-5-23)16-27-28(41)40(29(42)44-27)10-1-9-37-12-14-38(15-13-37)11-8-34-18-30(43,19-39-21-35-20-36-39)25-7-6-24(32)17-26(25)33/h2-7,16-17,20-21,34,43H,1,8-15,18-19H2. The van der Waals surface area contributed by atoms with E-state index < -0.39 is 17.2 Å². The number of rotatable bonds is 13. The van der Waals surface area contributed by atoms with E-state index in [2.05, 4.69) is 25.2 Å². The van der Waals surface area contributed by atoms with Gasteiger partial charge in [0.15, 0.2) is 0 Å². The van der Waals surface area contributed by atoms with Crippen LogP contribution in [0.15, 0.2) is 60.0 Å². The second-order valence-electron chi connectivity index (χ2n) is 10.8. The van der Waals surface area contributed by atoms with Crippen molar-refractivity contribution in [3.8, 4) is 0 Å². The van der Waals surface area contributed by atoms with E-state index in [-0.39, 0.29) is 29.8 Å².